The average Bonchev–Trinajstić information content (AvgIpc) is 4.23. The third-order valence-corrected chi connectivity index (χ3v) is 15.3. The van der Waals surface area contributed by atoms with E-state index in [9.17, 15) is 73.2 Å². The first-order chi connectivity index (χ1) is 36.5. The van der Waals surface area contributed by atoms with Crippen LogP contribution in [0.15, 0.2) is 0 Å². The van der Waals surface area contributed by atoms with E-state index in [0.29, 0.717) is 44.9 Å². The molecule has 0 aromatic heterocycles. The molecule has 0 aromatic rings. The van der Waals surface area contributed by atoms with Crippen molar-refractivity contribution in [2.45, 2.75) is 218 Å². The largest absolute Gasteiger partial charge is 0.480 e. The molecule has 0 spiro atoms. The molecule has 4 fully saturated rings. The minimum Gasteiger partial charge on any atom is -0.480 e. The summed E-state index contributed by atoms with van der Waals surface area (Å²) < 4.78 is 0. The van der Waals surface area contributed by atoms with Gasteiger partial charge in [-0.3, -0.25) is 47.9 Å². The molecule has 0 aliphatic carbocycles. The number of likely N-dealkylation sites (tertiary alicyclic amines) is 4. The van der Waals surface area contributed by atoms with E-state index in [0.717, 1.165) is 0 Å². The number of aliphatic carboxylic acids is 1. The summed E-state index contributed by atoms with van der Waals surface area (Å²) in [6.45, 7) is 16.3. The Morgan fingerprint density at radius 2 is 0.885 bits per heavy atom. The molecule has 12 N–H and O–H groups in total. The van der Waals surface area contributed by atoms with Crippen molar-refractivity contribution in [1.82, 2.24) is 51.5 Å². The molecule has 10 amide bonds. The summed E-state index contributed by atoms with van der Waals surface area (Å²) in [7, 11) is 0. The van der Waals surface area contributed by atoms with Gasteiger partial charge in [0, 0.05) is 26.2 Å². The number of aliphatic hydroxyl groups excluding tert-OH is 3. The predicted molar refractivity (Wildman–Crippen MR) is 281 cm³/mol. The summed E-state index contributed by atoms with van der Waals surface area (Å²) >= 11 is 0. The van der Waals surface area contributed by atoms with Crippen molar-refractivity contribution < 1.29 is 73.2 Å². The lowest BCUT2D eigenvalue weighted by Gasteiger charge is -2.34. The topological polar surface area (TPSA) is 380 Å². The number of hydrogen-bond donors (Lipinski definition) is 11. The number of carbonyl (C=O) groups excluding carboxylic acids is 10. The summed E-state index contributed by atoms with van der Waals surface area (Å²) in [5.41, 5.74) is 6.10. The number of nitrogens with two attached hydrogens (primary N) is 1. The van der Waals surface area contributed by atoms with Crippen LogP contribution in [-0.4, -0.2) is 216 Å². The Kier molecular flexibility index (Phi) is 23.8. The normalized spacial score (nSPS) is 23.7. The van der Waals surface area contributed by atoms with Gasteiger partial charge in [0.05, 0.1) is 24.4 Å². The molecule has 4 rings (SSSR count). The van der Waals surface area contributed by atoms with Gasteiger partial charge < -0.3 is 77.7 Å². The molecule has 0 bridgehead atoms. The van der Waals surface area contributed by atoms with Gasteiger partial charge in [0.1, 0.15) is 60.4 Å². The van der Waals surface area contributed by atoms with Crippen molar-refractivity contribution in [3.05, 3.63) is 0 Å². The Bertz CT molecular complexity index is 2190. The number of aliphatic hydroxyl groups is 3. The van der Waals surface area contributed by atoms with Crippen molar-refractivity contribution in [3.8, 4) is 0 Å². The lowest BCUT2D eigenvalue weighted by atomic mass is 9.97. The van der Waals surface area contributed by atoms with Crippen LogP contribution in [0.4, 0.5) is 0 Å². The highest BCUT2D eigenvalue weighted by Gasteiger charge is 2.47. The van der Waals surface area contributed by atoms with Crippen molar-refractivity contribution >= 4 is 65.0 Å². The van der Waals surface area contributed by atoms with Gasteiger partial charge in [-0.1, -0.05) is 48.0 Å². The zero-order chi connectivity index (χ0) is 58.6. The number of carboxylic acid groups (broad SMARTS) is 1. The Hall–Kier alpha value is -5.99. The van der Waals surface area contributed by atoms with Gasteiger partial charge in [-0.15, -0.1) is 0 Å². The van der Waals surface area contributed by atoms with Crippen molar-refractivity contribution in [3.63, 3.8) is 0 Å². The average molecular weight is 1110 g/mol. The molecular weight excluding hydrogens is 1020 g/mol. The van der Waals surface area contributed by atoms with Gasteiger partial charge >= 0.3 is 5.97 Å². The summed E-state index contributed by atoms with van der Waals surface area (Å²) in [5.74, 6) is -9.54. The third kappa shape index (κ3) is 16.1. The predicted octanol–water partition coefficient (Wildman–Crippen LogP) is -2.82. The fraction of sp³-hybridized carbons (Fsp3) is 0.788. The maximum Gasteiger partial charge on any atom is 0.326 e. The molecule has 4 aliphatic heterocycles. The second kappa shape index (κ2) is 28.8. The zero-order valence-corrected chi connectivity index (χ0v) is 46.9. The number of amides is 10. The number of hydrogen-bond acceptors (Lipinski definition) is 15. The summed E-state index contributed by atoms with van der Waals surface area (Å²) in [4.78, 5) is 155. The highest BCUT2D eigenvalue weighted by molar-refractivity contribution is 5.99. The second-order valence-corrected chi connectivity index (χ2v) is 22.3. The lowest BCUT2D eigenvalue weighted by Crippen LogP contribution is -2.64. The van der Waals surface area contributed by atoms with E-state index >= 15 is 0 Å². The van der Waals surface area contributed by atoms with Crippen LogP contribution in [0.1, 0.15) is 133 Å². The molecule has 4 heterocycles. The number of rotatable bonds is 25. The van der Waals surface area contributed by atoms with Gasteiger partial charge in [-0.25, -0.2) is 4.79 Å². The number of carboxylic acids is 1. The fourth-order valence-electron chi connectivity index (χ4n) is 10.5. The minimum absolute atomic E-state index is 0.0460. The maximum atomic E-state index is 14.3. The van der Waals surface area contributed by atoms with Crippen molar-refractivity contribution in [1.29, 1.82) is 0 Å². The fourth-order valence-corrected chi connectivity index (χ4v) is 10.5. The first-order valence-electron chi connectivity index (χ1n) is 27.6. The zero-order valence-electron chi connectivity index (χ0n) is 46.9. The van der Waals surface area contributed by atoms with Crippen molar-refractivity contribution in [2.75, 3.05) is 26.2 Å². The highest BCUT2D eigenvalue weighted by Crippen LogP contribution is 2.29. The first-order valence-corrected chi connectivity index (χ1v) is 27.6. The molecule has 4 aliphatic rings. The lowest BCUT2D eigenvalue weighted by molar-refractivity contribution is -0.153. The summed E-state index contributed by atoms with van der Waals surface area (Å²) in [6, 6.07) is -13.7. The molecule has 15 atom stereocenters. The third-order valence-electron chi connectivity index (χ3n) is 15.3. The van der Waals surface area contributed by atoms with Crippen LogP contribution >= 0.6 is 0 Å². The molecule has 26 nitrogen and oxygen atoms in total. The highest BCUT2D eigenvalue weighted by atomic mass is 16.4. The Morgan fingerprint density at radius 1 is 0.487 bits per heavy atom. The van der Waals surface area contributed by atoms with Gasteiger partial charge in [-0.05, 0) is 103 Å². The van der Waals surface area contributed by atoms with Gasteiger partial charge in [0.15, 0.2) is 0 Å². The molecule has 440 valence electrons. The molecule has 78 heavy (non-hydrogen) atoms. The SMILES string of the molecule is CC[C@H](C)[C@H](N)C(=O)N[C@@H](CC(C)C)C(=O)N[C@H](C(=O)N[C@H](C(=O)N[C@H](C(=O)N1CCC[C@H]1C(=O)N[C@H](C(=O)N[C@@H](C)C(=O)N1CCC[C@H]1C(=O)N1CCC[C@H]1C(=O)N1CCC[C@H]1C(=O)O)[C@@H](C)O)C(C)C)[C@@H](C)O)[C@@H](C)O. The minimum atomic E-state index is -1.73. The summed E-state index contributed by atoms with van der Waals surface area (Å²) in [5, 5.41) is 56.9. The van der Waals surface area contributed by atoms with E-state index in [1.165, 1.54) is 47.3 Å². The van der Waals surface area contributed by atoms with Crippen LogP contribution in [0.5, 0.6) is 0 Å². The quantitative estimate of drug-likeness (QED) is 0.0439. The van der Waals surface area contributed by atoms with E-state index in [2.05, 4.69) is 31.9 Å². The molecule has 0 aromatic carbocycles. The second-order valence-electron chi connectivity index (χ2n) is 22.3. The standard InChI is InChI=1S/C52H87N11O15/c1-11-27(6)37(53)44(69)55-32(24-25(2)3)42(67)57-40(30(9)65)47(72)59-41(31(10)66)46(71)56-38(26(4)5)51(76)60-20-12-16-33(60)43(68)58-39(29(8)64)45(70)54-28(7)48(73)61-21-13-17-34(61)49(74)62-22-14-18-35(62)50(75)63-23-15-19-36(63)52(77)78/h25-41,64-66H,11-24,53H2,1-10H3,(H,54,70)(H,55,69)(H,56,71)(H,57,67)(H,58,68)(H,59,72)(H,77,78)/t27-,28-,29+,30+,31+,32-,33-,34-,35-,36-,37-,38-,39-,40-,41-/m0/s1. The number of nitrogens with zero attached hydrogens (tertiary/aromatic N) is 4. The number of carbonyl (C=O) groups is 11. The molecule has 26 heteroatoms. The van der Waals surface area contributed by atoms with Crippen molar-refractivity contribution in [2.24, 2.45) is 23.5 Å². The summed E-state index contributed by atoms with van der Waals surface area (Å²) in [6.07, 6.45) is -0.997. The smallest absolute Gasteiger partial charge is 0.326 e. The molecule has 4 saturated heterocycles. The van der Waals surface area contributed by atoms with E-state index in [1.54, 1.807) is 20.8 Å². The van der Waals surface area contributed by atoms with E-state index in [1.807, 2.05) is 20.8 Å². The maximum absolute atomic E-state index is 14.3. The van der Waals surface area contributed by atoms with Crippen LogP contribution in [-0.2, 0) is 52.7 Å². The number of nitrogens with one attached hydrogen (secondary N) is 6. The van der Waals surface area contributed by atoms with Gasteiger partial charge in [-0.2, -0.15) is 0 Å². The van der Waals surface area contributed by atoms with E-state index in [-0.39, 0.29) is 57.3 Å². The van der Waals surface area contributed by atoms with Crippen LogP contribution in [0.3, 0.4) is 0 Å². The van der Waals surface area contributed by atoms with Crippen LogP contribution < -0.4 is 37.6 Å². The van der Waals surface area contributed by atoms with E-state index in [4.69, 9.17) is 5.73 Å². The van der Waals surface area contributed by atoms with Crippen LogP contribution in [0, 0.1) is 17.8 Å². The Morgan fingerprint density at radius 3 is 1.35 bits per heavy atom. The first kappa shape index (κ1) is 64.5. The molecule has 0 radical (unpaired) electrons. The Labute approximate surface area is 456 Å². The van der Waals surface area contributed by atoms with Gasteiger partial charge in [0.25, 0.3) is 0 Å². The monoisotopic (exact) mass is 1110 g/mol. The van der Waals surface area contributed by atoms with Crippen LogP contribution in [0.25, 0.3) is 0 Å². The van der Waals surface area contributed by atoms with Crippen LogP contribution in [0.2, 0.25) is 0 Å². The Balaban J connectivity index is 1.40. The van der Waals surface area contributed by atoms with Gasteiger partial charge in [0.2, 0.25) is 59.1 Å². The molecule has 0 unspecified atom stereocenters. The van der Waals surface area contributed by atoms with E-state index < -0.39 is 156 Å². The molecule has 0 saturated carbocycles. The molecular formula is C52H87N11O15.